The van der Waals surface area contributed by atoms with Crippen LogP contribution in [0.5, 0.6) is 0 Å². The highest BCUT2D eigenvalue weighted by atomic mass is 19.1. The van der Waals surface area contributed by atoms with Gasteiger partial charge in [-0.2, -0.15) is 0 Å². The number of benzene rings is 2. The molecule has 2 aromatic carbocycles. The van der Waals surface area contributed by atoms with Crippen molar-refractivity contribution in [2.24, 2.45) is 0 Å². The van der Waals surface area contributed by atoms with Gasteiger partial charge in [0, 0.05) is 35.8 Å². The number of hydrogen-bond donors (Lipinski definition) is 1. The highest BCUT2D eigenvalue weighted by Gasteiger charge is 2.30. The van der Waals surface area contributed by atoms with Crippen LogP contribution in [0.15, 0.2) is 67.4 Å². The molecule has 0 aliphatic carbocycles. The van der Waals surface area contributed by atoms with E-state index in [4.69, 9.17) is 0 Å². The summed E-state index contributed by atoms with van der Waals surface area (Å²) in [5.41, 5.74) is 2.31. The van der Waals surface area contributed by atoms with Gasteiger partial charge in [0.05, 0.1) is 12.2 Å². The van der Waals surface area contributed by atoms with Crippen LogP contribution in [0.1, 0.15) is 24.4 Å². The Kier molecular flexibility index (Phi) is 4.35. The molecule has 1 atom stereocenters. The van der Waals surface area contributed by atoms with Crippen molar-refractivity contribution in [1.29, 1.82) is 0 Å². The van der Waals surface area contributed by atoms with Crippen molar-refractivity contribution in [2.45, 2.75) is 18.9 Å². The minimum atomic E-state index is -0.423. The lowest BCUT2D eigenvalue weighted by Crippen LogP contribution is -2.23. The maximum atomic E-state index is 14.3. The van der Waals surface area contributed by atoms with Gasteiger partial charge in [0.1, 0.15) is 29.6 Å². The van der Waals surface area contributed by atoms with E-state index in [1.165, 1.54) is 12.1 Å². The number of halogens is 2. The van der Waals surface area contributed by atoms with Gasteiger partial charge in [-0.3, -0.25) is 0 Å². The summed E-state index contributed by atoms with van der Waals surface area (Å²) in [6, 6.07) is 11.4. The first-order valence-electron chi connectivity index (χ1n) is 9.55. The zero-order valence-corrected chi connectivity index (χ0v) is 15.6. The van der Waals surface area contributed by atoms with Crippen molar-refractivity contribution < 1.29 is 8.78 Å². The molecular weight excluding hydrogens is 372 g/mol. The normalized spacial score (nSPS) is 16.5. The summed E-state index contributed by atoms with van der Waals surface area (Å²) in [6.07, 6.45) is 8.85. The number of nitrogens with zero attached hydrogens (tertiary/aromatic N) is 4. The summed E-state index contributed by atoms with van der Waals surface area (Å²) in [6.45, 7) is 0.754. The summed E-state index contributed by atoms with van der Waals surface area (Å²) < 4.78 is 30.0. The van der Waals surface area contributed by atoms with Gasteiger partial charge < -0.3 is 14.5 Å². The number of hydrogen-bond acceptors (Lipinski definition) is 3. The fourth-order valence-electron chi connectivity index (χ4n) is 3.97. The molecule has 0 bridgehead atoms. The molecule has 1 aliphatic rings. The minimum Gasteiger partial charge on any atom is -0.348 e. The Balaban J connectivity index is 1.45. The van der Waals surface area contributed by atoms with Crippen molar-refractivity contribution in [3.63, 3.8) is 0 Å². The zero-order valence-electron chi connectivity index (χ0n) is 15.6. The first-order valence-corrected chi connectivity index (χ1v) is 9.55. The quantitative estimate of drug-likeness (QED) is 0.539. The molecule has 1 saturated heterocycles. The van der Waals surface area contributed by atoms with E-state index in [0.29, 0.717) is 5.56 Å². The highest BCUT2D eigenvalue weighted by Crippen LogP contribution is 2.37. The van der Waals surface area contributed by atoms with Crippen LogP contribution in [0, 0.1) is 11.6 Å². The molecular formula is C22H19F2N5. The van der Waals surface area contributed by atoms with Crippen molar-refractivity contribution in [1.82, 2.24) is 19.5 Å². The molecule has 1 N–H and O–H groups in total. The van der Waals surface area contributed by atoms with Crippen LogP contribution in [0.25, 0.3) is 17.1 Å². The van der Waals surface area contributed by atoms with Crippen LogP contribution in [0.2, 0.25) is 0 Å². The zero-order chi connectivity index (χ0) is 19.8. The molecule has 1 aliphatic heterocycles. The van der Waals surface area contributed by atoms with Gasteiger partial charge >= 0.3 is 0 Å². The molecule has 0 amide bonds. The first kappa shape index (κ1) is 17.6. The average molecular weight is 391 g/mol. The summed E-state index contributed by atoms with van der Waals surface area (Å²) in [4.78, 5) is 14.0. The third-order valence-corrected chi connectivity index (χ3v) is 5.35. The molecule has 4 aromatic rings. The van der Waals surface area contributed by atoms with Gasteiger partial charge in [-0.1, -0.05) is 12.1 Å². The third-order valence-electron chi connectivity index (χ3n) is 5.35. The lowest BCUT2D eigenvalue weighted by atomic mass is 10.0. The van der Waals surface area contributed by atoms with Crippen molar-refractivity contribution >= 4 is 5.82 Å². The topological polar surface area (TPSA) is 49.7 Å². The van der Waals surface area contributed by atoms with Crippen LogP contribution in [0.3, 0.4) is 0 Å². The van der Waals surface area contributed by atoms with Crippen molar-refractivity contribution in [2.75, 3.05) is 11.4 Å². The van der Waals surface area contributed by atoms with Crippen LogP contribution in [0.4, 0.5) is 14.6 Å². The van der Waals surface area contributed by atoms with Gasteiger partial charge in [-0.05, 0) is 43.2 Å². The molecule has 0 saturated carbocycles. The SMILES string of the molecule is Fc1ccc(F)c(C2CCCN2c2cn(-c3cccc(-c4ncc[nH]4)c3)cn2)c1. The Hall–Kier alpha value is -3.48. The Morgan fingerprint density at radius 3 is 2.86 bits per heavy atom. The highest BCUT2D eigenvalue weighted by molar-refractivity contribution is 5.59. The predicted molar refractivity (Wildman–Crippen MR) is 107 cm³/mol. The number of imidazole rings is 2. The second kappa shape index (κ2) is 7.16. The molecule has 146 valence electrons. The fourth-order valence-corrected chi connectivity index (χ4v) is 3.97. The average Bonchev–Trinajstić information content (AvgIpc) is 3.50. The van der Waals surface area contributed by atoms with E-state index in [0.717, 1.165) is 48.3 Å². The van der Waals surface area contributed by atoms with Gasteiger partial charge in [0.25, 0.3) is 0 Å². The minimum absolute atomic E-state index is 0.219. The number of anilines is 1. The molecule has 2 aromatic heterocycles. The summed E-state index contributed by atoms with van der Waals surface area (Å²) in [5.74, 6) is 0.746. The van der Waals surface area contributed by atoms with Gasteiger partial charge in [0.15, 0.2) is 0 Å². The lowest BCUT2D eigenvalue weighted by molar-refractivity contribution is 0.560. The molecule has 3 heterocycles. The monoisotopic (exact) mass is 391 g/mol. The van der Waals surface area contributed by atoms with E-state index >= 15 is 0 Å². The smallest absolute Gasteiger partial charge is 0.147 e. The van der Waals surface area contributed by atoms with Crippen molar-refractivity contribution in [3.05, 3.63) is 84.6 Å². The van der Waals surface area contributed by atoms with E-state index in [1.54, 1.807) is 18.7 Å². The molecule has 5 nitrogen and oxygen atoms in total. The van der Waals surface area contributed by atoms with Crippen LogP contribution in [-0.4, -0.2) is 26.1 Å². The molecule has 0 spiro atoms. The molecule has 5 rings (SSSR count). The standard InChI is InChI=1S/C22H19F2N5/c23-16-6-7-19(24)18(12-16)20-5-2-10-29(20)21-13-28(14-27-21)17-4-1-3-15(11-17)22-25-8-9-26-22/h1,3-4,6-9,11-14,20H,2,5,10H2,(H,25,26). The Morgan fingerprint density at radius 2 is 2.00 bits per heavy atom. The third kappa shape index (κ3) is 3.29. The molecule has 0 radical (unpaired) electrons. The molecule has 7 heteroatoms. The Bertz CT molecular complexity index is 1140. The Labute approximate surface area is 166 Å². The summed E-state index contributed by atoms with van der Waals surface area (Å²) in [5, 5.41) is 0. The van der Waals surface area contributed by atoms with E-state index in [9.17, 15) is 8.78 Å². The van der Waals surface area contributed by atoms with E-state index < -0.39 is 5.82 Å². The fraction of sp³-hybridized carbons (Fsp3) is 0.182. The van der Waals surface area contributed by atoms with Gasteiger partial charge in [-0.15, -0.1) is 0 Å². The maximum absolute atomic E-state index is 14.3. The largest absolute Gasteiger partial charge is 0.348 e. The number of aromatic nitrogens is 4. The predicted octanol–water partition coefficient (Wildman–Crippen LogP) is 4.88. The number of H-pyrrole nitrogens is 1. The first-order chi connectivity index (χ1) is 14.2. The van der Waals surface area contributed by atoms with Crippen molar-refractivity contribution in [3.8, 4) is 17.1 Å². The van der Waals surface area contributed by atoms with E-state index in [2.05, 4.69) is 15.0 Å². The lowest BCUT2D eigenvalue weighted by Gasteiger charge is -2.25. The van der Waals surface area contributed by atoms with Crippen LogP contribution >= 0.6 is 0 Å². The Morgan fingerprint density at radius 1 is 1.07 bits per heavy atom. The summed E-state index contributed by atoms with van der Waals surface area (Å²) >= 11 is 0. The second-order valence-corrected chi connectivity index (χ2v) is 7.14. The van der Waals surface area contributed by atoms with Crippen LogP contribution in [-0.2, 0) is 0 Å². The van der Waals surface area contributed by atoms with Gasteiger partial charge in [-0.25, -0.2) is 18.7 Å². The van der Waals surface area contributed by atoms with Crippen LogP contribution < -0.4 is 4.90 Å². The van der Waals surface area contributed by atoms with Gasteiger partial charge in [0.2, 0.25) is 0 Å². The summed E-state index contributed by atoms with van der Waals surface area (Å²) in [7, 11) is 0. The molecule has 29 heavy (non-hydrogen) atoms. The van der Waals surface area contributed by atoms with E-state index in [-0.39, 0.29) is 11.9 Å². The molecule has 1 fully saturated rings. The number of nitrogens with one attached hydrogen (secondary N) is 1. The number of rotatable bonds is 4. The maximum Gasteiger partial charge on any atom is 0.147 e. The molecule has 1 unspecified atom stereocenters. The second-order valence-electron chi connectivity index (χ2n) is 7.14. The number of aromatic amines is 1. The van der Waals surface area contributed by atoms with E-state index in [1.807, 2.05) is 39.9 Å².